The van der Waals surface area contributed by atoms with Gasteiger partial charge >= 0.3 is 0 Å². The van der Waals surface area contributed by atoms with Crippen LogP contribution in [0.5, 0.6) is 0 Å². The van der Waals surface area contributed by atoms with Crippen molar-refractivity contribution in [3.05, 3.63) is 54.0 Å². The average molecular weight is 387 g/mol. The predicted octanol–water partition coefficient (Wildman–Crippen LogP) is 3.35. The maximum absolute atomic E-state index is 12.6. The van der Waals surface area contributed by atoms with Crippen LogP contribution in [0.3, 0.4) is 0 Å². The SMILES string of the molecule is CC(C)Sc1ccc(CC(=O)N2CCN(CC(=O)c3ccco3)CC2)cc1. The van der Waals surface area contributed by atoms with Gasteiger partial charge in [0.05, 0.1) is 19.2 Å². The zero-order valence-corrected chi connectivity index (χ0v) is 16.7. The first kappa shape index (κ1) is 19.7. The summed E-state index contributed by atoms with van der Waals surface area (Å²) in [5.41, 5.74) is 1.04. The first-order chi connectivity index (χ1) is 13.0. The van der Waals surface area contributed by atoms with E-state index in [0.29, 0.717) is 50.2 Å². The van der Waals surface area contributed by atoms with Crippen molar-refractivity contribution in [2.45, 2.75) is 30.4 Å². The van der Waals surface area contributed by atoms with Gasteiger partial charge in [-0.1, -0.05) is 26.0 Å². The quantitative estimate of drug-likeness (QED) is 0.540. The second kappa shape index (κ2) is 9.24. The van der Waals surface area contributed by atoms with Crippen molar-refractivity contribution < 1.29 is 14.0 Å². The van der Waals surface area contributed by atoms with Crippen LogP contribution in [0.25, 0.3) is 0 Å². The molecule has 0 aliphatic carbocycles. The predicted molar refractivity (Wildman–Crippen MR) is 107 cm³/mol. The Hall–Kier alpha value is -2.05. The summed E-state index contributed by atoms with van der Waals surface area (Å²) in [7, 11) is 0. The van der Waals surface area contributed by atoms with Gasteiger partial charge in [0.15, 0.2) is 5.76 Å². The van der Waals surface area contributed by atoms with E-state index in [1.54, 1.807) is 12.1 Å². The Balaban J connectivity index is 1.45. The number of Topliss-reactive ketones (excluding diaryl/α,β-unsaturated/α-hetero) is 1. The van der Waals surface area contributed by atoms with Crippen molar-refractivity contribution in [3.8, 4) is 0 Å². The Labute approximate surface area is 164 Å². The molecule has 0 spiro atoms. The van der Waals surface area contributed by atoms with E-state index in [9.17, 15) is 9.59 Å². The third-order valence-electron chi connectivity index (χ3n) is 4.54. The number of furan rings is 1. The number of benzene rings is 1. The number of hydrogen-bond donors (Lipinski definition) is 0. The molecule has 0 bridgehead atoms. The molecule has 1 saturated heterocycles. The smallest absolute Gasteiger partial charge is 0.227 e. The van der Waals surface area contributed by atoms with Gasteiger partial charge in [0.25, 0.3) is 0 Å². The maximum Gasteiger partial charge on any atom is 0.227 e. The van der Waals surface area contributed by atoms with Crippen molar-refractivity contribution in [2.24, 2.45) is 0 Å². The Bertz CT molecular complexity index is 748. The minimum Gasteiger partial charge on any atom is -0.461 e. The third-order valence-corrected chi connectivity index (χ3v) is 5.55. The Morgan fingerprint density at radius 3 is 2.37 bits per heavy atom. The van der Waals surface area contributed by atoms with Crippen LogP contribution < -0.4 is 0 Å². The lowest BCUT2D eigenvalue weighted by atomic mass is 10.1. The molecule has 1 aliphatic heterocycles. The fourth-order valence-electron chi connectivity index (χ4n) is 3.12. The lowest BCUT2D eigenvalue weighted by Gasteiger charge is -2.34. The van der Waals surface area contributed by atoms with Gasteiger partial charge in [-0.25, -0.2) is 0 Å². The highest BCUT2D eigenvalue weighted by Crippen LogP contribution is 2.23. The van der Waals surface area contributed by atoms with Gasteiger partial charge in [-0.15, -0.1) is 11.8 Å². The molecule has 5 nitrogen and oxygen atoms in total. The summed E-state index contributed by atoms with van der Waals surface area (Å²) in [6.45, 7) is 7.42. The minimum absolute atomic E-state index is 0.0147. The number of nitrogens with zero attached hydrogens (tertiary/aromatic N) is 2. The molecular weight excluding hydrogens is 360 g/mol. The molecule has 0 atom stereocenters. The molecule has 0 radical (unpaired) electrons. The first-order valence-corrected chi connectivity index (χ1v) is 10.2. The number of thioether (sulfide) groups is 1. The first-order valence-electron chi connectivity index (χ1n) is 9.33. The van der Waals surface area contributed by atoms with E-state index in [2.05, 4.69) is 30.9 Å². The number of piperazine rings is 1. The Kier molecular flexibility index (Phi) is 6.74. The van der Waals surface area contributed by atoms with Gasteiger partial charge in [0.1, 0.15) is 0 Å². The molecule has 0 N–H and O–H groups in total. The standard InChI is InChI=1S/C21H26N2O3S/c1-16(2)27-18-7-5-17(6-8-18)14-21(25)23-11-9-22(10-12-23)15-19(24)20-4-3-13-26-20/h3-8,13,16H,9-12,14-15H2,1-2H3. The second-order valence-corrected chi connectivity index (χ2v) is 8.69. The zero-order valence-electron chi connectivity index (χ0n) is 15.9. The molecule has 1 aliphatic rings. The van der Waals surface area contributed by atoms with Gasteiger partial charge in [0, 0.05) is 36.3 Å². The molecule has 1 aromatic heterocycles. The molecule has 2 heterocycles. The topological polar surface area (TPSA) is 53.8 Å². The van der Waals surface area contributed by atoms with Gasteiger partial charge in [-0.3, -0.25) is 14.5 Å². The molecule has 0 unspecified atom stereocenters. The molecular formula is C21H26N2O3S. The summed E-state index contributed by atoms with van der Waals surface area (Å²) in [4.78, 5) is 29.9. The number of ketones is 1. The Morgan fingerprint density at radius 1 is 1.07 bits per heavy atom. The van der Waals surface area contributed by atoms with Crippen LogP contribution in [0.4, 0.5) is 0 Å². The third kappa shape index (κ3) is 5.71. The van der Waals surface area contributed by atoms with Crippen molar-refractivity contribution in [1.82, 2.24) is 9.80 Å². The maximum atomic E-state index is 12.6. The van der Waals surface area contributed by atoms with Crippen molar-refractivity contribution in [3.63, 3.8) is 0 Å². The van der Waals surface area contributed by atoms with Crippen molar-refractivity contribution >= 4 is 23.5 Å². The molecule has 27 heavy (non-hydrogen) atoms. The lowest BCUT2D eigenvalue weighted by molar-refractivity contribution is -0.132. The highest BCUT2D eigenvalue weighted by Gasteiger charge is 2.23. The normalized spacial score (nSPS) is 15.3. The lowest BCUT2D eigenvalue weighted by Crippen LogP contribution is -2.50. The van der Waals surface area contributed by atoms with E-state index in [1.165, 1.54) is 11.2 Å². The highest BCUT2D eigenvalue weighted by molar-refractivity contribution is 7.99. The fraction of sp³-hybridized carbons (Fsp3) is 0.429. The van der Waals surface area contributed by atoms with E-state index >= 15 is 0 Å². The van der Waals surface area contributed by atoms with Gasteiger partial charge in [0.2, 0.25) is 11.7 Å². The molecule has 0 saturated carbocycles. The van der Waals surface area contributed by atoms with E-state index in [-0.39, 0.29) is 11.7 Å². The summed E-state index contributed by atoms with van der Waals surface area (Å²) in [6, 6.07) is 11.7. The van der Waals surface area contributed by atoms with Crippen LogP contribution >= 0.6 is 11.8 Å². The highest BCUT2D eigenvalue weighted by atomic mass is 32.2. The van der Waals surface area contributed by atoms with Crippen LogP contribution in [0, 0.1) is 0 Å². The number of carbonyl (C=O) groups is 2. The fourth-order valence-corrected chi connectivity index (χ4v) is 3.96. The van der Waals surface area contributed by atoms with Gasteiger partial charge in [-0.2, -0.15) is 0 Å². The molecule has 2 aromatic rings. The monoisotopic (exact) mass is 386 g/mol. The van der Waals surface area contributed by atoms with E-state index in [4.69, 9.17) is 4.42 Å². The zero-order chi connectivity index (χ0) is 19.2. The Morgan fingerprint density at radius 2 is 1.78 bits per heavy atom. The summed E-state index contributed by atoms with van der Waals surface area (Å²) < 4.78 is 5.15. The minimum atomic E-state index is -0.0147. The summed E-state index contributed by atoms with van der Waals surface area (Å²) in [6.07, 6.45) is 1.94. The van der Waals surface area contributed by atoms with Crippen molar-refractivity contribution in [2.75, 3.05) is 32.7 Å². The number of amides is 1. The van der Waals surface area contributed by atoms with Crippen molar-refractivity contribution in [1.29, 1.82) is 0 Å². The summed E-state index contributed by atoms with van der Waals surface area (Å²) >= 11 is 1.82. The molecule has 1 aromatic carbocycles. The molecule has 144 valence electrons. The average Bonchev–Trinajstić information content (AvgIpc) is 3.18. The number of carbonyl (C=O) groups excluding carboxylic acids is 2. The van der Waals surface area contributed by atoms with E-state index < -0.39 is 0 Å². The molecule has 6 heteroatoms. The second-order valence-electron chi connectivity index (χ2n) is 7.04. The van der Waals surface area contributed by atoms with Crippen LogP contribution in [0.1, 0.15) is 30.0 Å². The summed E-state index contributed by atoms with van der Waals surface area (Å²) in [5.74, 6) is 0.531. The number of hydrogen-bond acceptors (Lipinski definition) is 5. The van der Waals surface area contributed by atoms with E-state index in [0.717, 1.165) is 5.56 Å². The number of rotatable bonds is 7. The molecule has 3 rings (SSSR count). The van der Waals surface area contributed by atoms with Crippen LogP contribution in [-0.4, -0.2) is 59.5 Å². The van der Waals surface area contributed by atoms with E-state index in [1.807, 2.05) is 28.8 Å². The summed E-state index contributed by atoms with van der Waals surface area (Å²) in [5, 5.41) is 0.549. The molecule has 1 fully saturated rings. The van der Waals surface area contributed by atoms with Crippen LogP contribution in [-0.2, 0) is 11.2 Å². The van der Waals surface area contributed by atoms with Gasteiger partial charge in [-0.05, 0) is 29.8 Å². The van der Waals surface area contributed by atoms with Gasteiger partial charge < -0.3 is 9.32 Å². The largest absolute Gasteiger partial charge is 0.461 e. The van der Waals surface area contributed by atoms with Crippen LogP contribution in [0.2, 0.25) is 0 Å². The molecule has 1 amide bonds. The van der Waals surface area contributed by atoms with Crippen LogP contribution in [0.15, 0.2) is 52.0 Å².